The third kappa shape index (κ3) is 5.39. The van der Waals surface area contributed by atoms with E-state index in [4.69, 9.17) is 4.99 Å². The van der Waals surface area contributed by atoms with E-state index < -0.39 is 0 Å². The van der Waals surface area contributed by atoms with Crippen molar-refractivity contribution in [3.8, 4) is 16.8 Å². The van der Waals surface area contributed by atoms with Gasteiger partial charge < -0.3 is 15.2 Å². The van der Waals surface area contributed by atoms with Crippen LogP contribution in [0.15, 0.2) is 169 Å². The summed E-state index contributed by atoms with van der Waals surface area (Å²) in [5.41, 5.74) is 11.5. The summed E-state index contributed by atoms with van der Waals surface area (Å²) in [4.78, 5) is 5.30. The molecule has 1 atom stereocenters. The largest absolute Gasteiger partial charge is 0.355 e. The predicted octanol–water partition coefficient (Wildman–Crippen LogP) is 11.5. The maximum Gasteiger partial charge on any atom is 0.0644 e. The Morgan fingerprint density at radius 1 is 0.667 bits per heavy atom. The Bertz CT molecular complexity index is 2750. The molecule has 3 heterocycles. The SMILES string of the molecule is c1ccc(-c2cc3c4ccccc4n(-c4ccccc4)c3cc2Nc2cccc(CN=C(c3cccc4c3sc3ccccc34)C3CN3)c2)cc1. The van der Waals surface area contributed by atoms with Gasteiger partial charge in [0.2, 0.25) is 0 Å². The second-order valence-corrected chi connectivity index (χ2v) is 14.3. The first-order valence-electron chi connectivity index (χ1n) is 17.5. The molecule has 1 aliphatic heterocycles. The number of aliphatic imine (C=N–C) groups is 1. The number of anilines is 2. The Morgan fingerprint density at radius 3 is 2.24 bits per heavy atom. The summed E-state index contributed by atoms with van der Waals surface area (Å²) < 4.78 is 5.01. The molecule has 5 heteroatoms. The molecule has 0 radical (unpaired) electrons. The molecule has 2 aromatic heterocycles. The Labute approximate surface area is 300 Å². The average molecular weight is 675 g/mol. The zero-order valence-corrected chi connectivity index (χ0v) is 28.7. The van der Waals surface area contributed by atoms with Crippen molar-refractivity contribution in [1.82, 2.24) is 9.88 Å². The van der Waals surface area contributed by atoms with Gasteiger partial charge in [-0.2, -0.15) is 0 Å². The van der Waals surface area contributed by atoms with Gasteiger partial charge in [0.1, 0.15) is 0 Å². The van der Waals surface area contributed by atoms with Crippen LogP contribution in [-0.4, -0.2) is 22.9 Å². The smallest absolute Gasteiger partial charge is 0.0644 e. The van der Waals surface area contributed by atoms with Crippen molar-refractivity contribution >= 4 is 70.4 Å². The van der Waals surface area contributed by atoms with Gasteiger partial charge in [-0.05, 0) is 59.7 Å². The molecule has 1 saturated heterocycles. The van der Waals surface area contributed by atoms with Crippen molar-refractivity contribution in [2.24, 2.45) is 4.99 Å². The molecule has 0 saturated carbocycles. The van der Waals surface area contributed by atoms with Crippen molar-refractivity contribution in [2.45, 2.75) is 12.6 Å². The molecule has 0 bridgehead atoms. The van der Waals surface area contributed by atoms with Gasteiger partial charge in [0, 0.05) is 65.7 Å². The molecule has 9 aromatic rings. The van der Waals surface area contributed by atoms with Gasteiger partial charge in [-0.1, -0.05) is 115 Å². The number of fused-ring (bicyclic) bond motifs is 6. The maximum absolute atomic E-state index is 5.30. The Balaban J connectivity index is 1.05. The first kappa shape index (κ1) is 29.9. The van der Waals surface area contributed by atoms with Crippen molar-refractivity contribution in [3.05, 3.63) is 175 Å². The molecule has 0 amide bonds. The summed E-state index contributed by atoms with van der Waals surface area (Å²) in [6.45, 7) is 1.57. The minimum Gasteiger partial charge on any atom is -0.355 e. The van der Waals surface area contributed by atoms with E-state index in [-0.39, 0.29) is 0 Å². The van der Waals surface area contributed by atoms with E-state index in [9.17, 15) is 0 Å². The third-order valence-corrected chi connectivity index (χ3v) is 11.2. The van der Waals surface area contributed by atoms with E-state index in [2.05, 4.69) is 179 Å². The molecule has 2 N–H and O–H groups in total. The molecule has 1 unspecified atom stereocenters. The summed E-state index contributed by atoms with van der Waals surface area (Å²) in [6, 6.07) is 59.1. The summed E-state index contributed by atoms with van der Waals surface area (Å²) in [5.74, 6) is 0. The number of nitrogens with zero attached hydrogens (tertiary/aromatic N) is 2. The fraction of sp³-hybridized carbons (Fsp3) is 0.0652. The van der Waals surface area contributed by atoms with E-state index >= 15 is 0 Å². The van der Waals surface area contributed by atoms with Crippen LogP contribution >= 0.6 is 11.3 Å². The molecule has 4 nitrogen and oxygen atoms in total. The number of para-hydroxylation sites is 2. The van der Waals surface area contributed by atoms with Crippen LogP contribution in [0.25, 0.3) is 58.8 Å². The van der Waals surface area contributed by atoms with Crippen molar-refractivity contribution < 1.29 is 0 Å². The zero-order valence-electron chi connectivity index (χ0n) is 27.9. The topological polar surface area (TPSA) is 51.3 Å². The first-order valence-corrected chi connectivity index (χ1v) is 18.3. The number of aromatic nitrogens is 1. The van der Waals surface area contributed by atoms with Gasteiger partial charge in [-0.25, -0.2) is 0 Å². The monoisotopic (exact) mass is 674 g/mol. The standard InChI is InChI=1S/C46H34N4S/c1-3-14-31(15-4-1)38-26-39-34-19-7-9-23-42(34)50(33-17-5-2-6-18-33)43(39)27-40(38)49-32-16-11-13-30(25-32)28-48-45(41-29-47-41)37-22-12-21-36-35-20-8-10-24-44(35)51-46(36)37/h1-27,41,47,49H,28-29H2. The zero-order chi connectivity index (χ0) is 33.7. The van der Waals surface area contributed by atoms with Crippen molar-refractivity contribution in [2.75, 3.05) is 11.9 Å². The Kier molecular flexibility index (Phi) is 7.26. The summed E-state index contributed by atoms with van der Waals surface area (Å²) in [6.07, 6.45) is 0. The lowest BCUT2D eigenvalue weighted by Crippen LogP contribution is -2.12. The van der Waals surface area contributed by atoms with Gasteiger partial charge in [0.25, 0.3) is 0 Å². The third-order valence-electron chi connectivity index (χ3n) is 9.97. The van der Waals surface area contributed by atoms with Crippen LogP contribution < -0.4 is 10.6 Å². The molecule has 7 aromatic carbocycles. The molecule has 10 rings (SSSR count). The van der Waals surface area contributed by atoms with Gasteiger partial charge in [0.05, 0.1) is 29.3 Å². The number of hydrogen-bond acceptors (Lipinski definition) is 4. The molecule has 0 aliphatic carbocycles. The van der Waals surface area contributed by atoms with Crippen LogP contribution in [0.5, 0.6) is 0 Å². The Hall–Kier alpha value is -6.01. The van der Waals surface area contributed by atoms with Crippen LogP contribution in [0.2, 0.25) is 0 Å². The number of nitrogens with one attached hydrogen (secondary N) is 2. The second-order valence-electron chi connectivity index (χ2n) is 13.2. The number of benzene rings is 7. The highest BCUT2D eigenvalue weighted by Gasteiger charge is 2.29. The second kappa shape index (κ2) is 12.4. The molecule has 1 aliphatic rings. The first-order chi connectivity index (χ1) is 25.3. The Morgan fingerprint density at radius 2 is 1.39 bits per heavy atom. The van der Waals surface area contributed by atoms with Gasteiger partial charge >= 0.3 is 0 Å². The lowest BCUT2D eigenvalue weighted by molar-refractivity contribution is 1.05. The van der Waals surface area contributed by atoms with E-state index in [1.165, 1.54) is 64.2 Å². The minimum atomic E-state index is 0.290. The van der Waals surface area contributed by atoms with E-state index in [0.717, 1.165) is 29.3 Å². The molecular weight excluding hydrogens is 641 g/mol. The predicted molar refractivity (Wildman–Crippen MR) is 217 cm³/mol. The number of rotatable bonds is 8. The quantitative estimate of drug-likeness (QED) is 0.124. The fourth-order valence-corrected chi connectivity index (χ4v) is 8.72. The van der Waals surface area contributed by atoms with Crippen molar-refractivity contribution in [3.63, 3.8) is 0 Å². The highest BCUT2D eigenvalue weighted by Crippen LogP contribution is 2.40. The van der Waals surface area contributed by atoms with Gasteiger partial charge in [-0.3, -0.25) is 4.99 Å². The highest BCUT2D eigenvalue weighted by molar-refractivity contribution is 7.26. The van der Waals surface area contributed by atoms with Gasteiger partial charge in [-0.15, -0.1) is 11.3 Å². The minimum absolute atomic E-state index is 0.290. The molecular formula is C46H34N4S. The average Bonchev–Trinajstić information content (AvgIpc) is 3.88. The van der Waals surface area contributed by atoms with Crippen molar-refractivity contribution in [1.29, 1.82) is 0 Å². The van der Waals surface area contributed by atoms with Crippen LogP contribution in [0.3, 0.4) is 0 Å². The maximum atomic E-state index is 5.30. The lowest BCUT2D eigenvalue weighted by atomic mass is 10.00. The van der Waals surface area contributed by atoms with E-state index in [1.807, 2.05) is 11.3 Å². The number of hydrogen-bond donors (Lipinski definition) is 2. The normalized spacial score (nSPS) is 14.5. The van der Waals surface area contributed by atoms with Crippen LogP contribution in [0, 0.1) is 0 Å². The highest BCUT2D eigenvalue weighted by atomic mass is 32.1. The molecule has 1 fully saturated rings. The molecule has 0 spiro atoms. The summed E-state index contributed by atoms with van der Waals surface area (Å²) in [7, 11) is 0. The molecule has 51 heavy (non-hydrogen) atoms. The lowest BCUT2D eigenvalue weighted by Gasteiger charge is -2.15. The van der Waals surface area contributed by atoms with Crippen LogP contribution in [0.1, 0.15) is 11.1 Å². The van der Waals surface area contributed by atoms with Crippen LogP contribution in [0.4, 0.5) is 11.4 Å². The van der Waals surface area contributed by atoms with Crippen LogP contribution in [-0.2, 0) is 6.54 Å². The summed E-state index contributed by atoms with van der Waals surface area (Å²) in [5, 5.41) is 12.5. The fourth-order valence-electron chi connectivity index (χ4n) is 7.49. The van der Waals surface area contributed by atoms with Gasteiger partial charge in [0.15, 0.2) is 0 Å². The van der Waals surface area contributed by atoms with E-state index in [0.29, 0.717) is 12.6 Å². The molecule has 244 valence electrons. The summed E-state index contributed by atoms with van der Waals surface area (Å²) >= 11 is 1.87. The van der Waals surface area contributed by atoms with E-state index in [1.54, 1.807) is 0 Å². The number of thiophene rings is 1.